The Bertz CT molecular complexity index is 704. The van der Waals surface area contributed by atoms with Gasteiger partial charge in [0.1, 0.15) is 0 Å². The van der Waals surface area contributed by atoms with E-state index in [1.54, 1.807) is 0 Å². The van der Waals surface area contributed by atoms with Gasteiger partial charge in [-0.3, -0.25) is 9.59 Å². The van der Waals surface area contributed by atoms with Gasteiger partial charge < -0.3 is 11.1 Å². The van der Waals surface area contributed by atoms with Crippen molar-refractivity contribution >= 4 is 41.0 Å². The molecule has 4 nitrogen and oxygen atoms in total. The van der Waals surface area contributed by atoms with Crippen LogP contribution in [0.15, 0.2) is 58.3 Å². The van der Waals surface area contributed by atoms with Crippen molar-refractivity contribution < 1.29 is 9.59 Å². The molecule has 23 heavy (non-hydrogen) atoms. The number of nitrogens with one attached hydrogen (secondary N) is 1. The van der Waals surface area contributed by atoms with Gasteiger partial charge in [0.25, 0.3) is 0 Å². The molecule has 0 bridgehead atoms. The quantitative estimate of drug-likeness (QED) is 0.755. The van der Waals surface area contributed by atoms with E-state index in [9.17, 15) is 9.59 Å². The number of primary amides is 1. The molecule has 0 atom stereocenters. The van der Waals surface area contributed by atoms with Gasteiger partial charge in [0.2, 0.25) is 11.8 Å². The number of amides is 2. The summed E-state index contributed by atoms with van der Waals surface area (Å²) in [6, 6.07) is 15.4. The number of hydrogen-bond acceptors (Lipinski definition) is 4. The van der Waals surface area contributed by atoms with Gasteiger partial charge in [-0.2, -0.15) is 0 Å². The molecule has 2 rings (SSSR count). The van der Waals surface area contributed by atoms with Crippen molar-refractivity contribution in [1.82, 2.24) is 0 Å². The first-order valence-electron chi connectivity index (χ1n) is 7.04. The van der Waals surface area contributed by atoms with Crippen LogP contribution in [-0.4, -0.2) is 23.3 Å². The Kier molecular flexibility index (Phi) is 6.55. The van der Waals surface area contributed by atoms with E-state index in [2.05, 4.69) is 11.4 Å². The molecule has 0 unspecified atom stereocenters. The molecule has 6 heteroatoms. The smallest absolute Gasteiger partial charge is 0.234 e. The van der Waals surface area contributed by atoms with Gasteiger partial charge in [0.05, 0.1) is 17.2 Å². The summed E-state index contributed by atoms with van der Waals surface area (Å²) in [5.74, 6) is 0.0539. The second kappa shape index (κ2) is 8.64. The average Bonchev–Trinajstić information content (AvgIpc) is 2.52. The van der Waals surface area contributed by atoms with E-state index in [-0.39, 0.29) is 17.6 Å². The molecule has 0 aliphatic carbocycles. The van der Waals surface area contributed by atoms with Crippen molar-refractivity contribution in [3.63, 3.8) is 0 Å². The van der Waals surface area contributed by atoms with E-state index >= 15 is 0 Å². The zero-order valence-corrected chi connectivity index (χ0v) is 14.4. The first kappa shape index (κ1) is 17.4. The Morgan fingerprint density at radius 1 is 1.04 bits per heavy atom. The van der Waals surface area contributed by atoms with E-state index < -0.39 is 0 Å². The summed E-state index contributed by atoms with van der Waals surface area (Å²) in [7, 11) is 0. The summed E-state index contributed by atoms with van der Waals surface area (Å²) in [5, 5.41) is 2.89. The van der Waals surface area contributed by atoms with E-state index in [0.29, 0.717) is 11.4 Å². The van der Waals surface area contributed by atoms with E-state index in [1.165, 1.54) is 29.1 Å². The fourth-order valence-corrected chi connectivity index (χ4v) is 3.45. The van der Waals surface area contributed by atoms with Gasteiger partial charge in [0, 0.05) is 9.79 Å². The maximum absolute atomic E-state index is 12.1. The van der Waals surface area contributed by atoms with Crippen LogP contribution >= 0.6 is 23.5 Å². The third-order valence-corrected chi connectivity index (χ3v) is 4.98. The number of carbonyl (C=O) groups is 2. The lowest BCUT2D eigenvalue weighted by Gasteiger charge is -2.10. The number of hydrogen-bond donors (Lipinski definition) is 2. The molecule has 0 aliphatic rings. The summed E-state index contributed by atoms with van der Waals surface area (Å²) < 4.78 is 0. The highest BCUT2D eigenvalue weighted by Crippen LogP contribution is 2.27. The molecule has 2 aromatic rings. The molecular formula is C17H18N2O2S2. The topological polar surface area (TPSA) is 72.2 Å². The van der Waals surface area contributed by atoms with Gasteiger partial charge in [-0.25, -0.2) is 0 Å². The van der Waals surface area contributed by atoms with E-state index in [4.69, 9.17) is 5.73 Å². The van der Waals surface area contributed by atoms with E-state index in [1.807, 2.05) is 49.4 Å². The molecule has 0 fully saturated rings. The monoisotopic (exact) mass is 346 g/mol. The van der Waals surface area contributed by atoms with Crippen molar-refractivity contribution in [1.29, 1.82) is 0 Å². The minimum atomic E-state index is -0.383. The number of aryl methyl sites for hydroxylation is 1. The number of para-hydroxylation sites is 1. The van der Waals surface area contributed by atoms with Crippen LogP contribution in [-0.2, 0) is 9.59 Å². The van der Waals surface area contributed by atoms with Crippen molar-refractivity contribution in [3.05, 3.63) is 54.1 Å². The highest BCUT2D eigenvalue weighted by molar-refractivity contribution is 8.00. The second-order valence-electron chi connectivity index (χ2n) is 4.90. The van der Waals surface area contributed by atoms with Crippen LogP contribution in [0.1, 0.15) is 5.56 Å². The Morgan fingerprint density at radius 3 is 2.57 bits per heavy atom. The molecule has 0 aromatic heterocycles. The first-order valence-corrected chi connectivity index (χ1v) is 9.01. The van der Waals surface area contributed by atoms with Crippen LogP contribution in [0.25, 0.3) is 0 Å². The average molecular weight is 346 g/mol. The summed E-state index contributed by atoms with van der Waals surface area (Å²) in [5.41, 5.74) is 7.04. The largest absolute Gasteiger partial charge is 0.369 e. The highest BCUT2D eigenvalue weighted by Gasteiger charge is 2.08. The van der Waals surface area contributed by atoms with Crippen LogP contribution in [0.5, 0.6) is 0 Å². The SMILES string of the molecule is Cc1cccc(SCC(=O)Nc2ccccc2SCC(N)=O)c1. The standard InChI is InChI=1S/C17H18N2O2S2/c1-12-5-4-6-13(9-12)22-11-17(21)19-14-7-2-3-8-15(14)23-10-16(18)20/h2-9H,10-11H2,1H3,(H2,18,20)(H,19,21). The van der Waals surface area contributed by atoms with Crippen molar-refractivity contribution in [2.75, 3.05) is 16.8 Å². The maximum atomic E-state index is 12.1. The minimum Gasteiger partial charge on any atom is -0.369 e. The lowest BCUT2D eigenvalue weighted by atomic mass is 10.2. The second-order valence-corrected chi connectivity index (χ2v) is 6.97. The predicted molar refractivity (Wildman–Crippen MR) is 96.9 cm³/mol. The van der Waals surface area contributed by atoms with Crippen LogP contribution in [0.3, 0.4) is 0 Å². The predicted octanol–water partition coefficient (Wildman–Crippen LogP) is 3.30. The molecule has 0 heterocycles. The van der Waals surface area contributed by atoms with E-state index in [0.717, 1.165) is 9.79 Å². The molecule has 0 radical (unpaired) electrons. The Balaban J connectivity index is 1.93. The normalized spacial score (nSPS) is 10.3. The van der Waals surface area contributed by atoms with Gasteiger partial charge in [-0.05, 0) is 31.2 Å². The number of anilines is 1. The van der Waals surface area contributed by atoms with Crippen molar-refractivity contribution in [2.24, 2.45) is 5.73 Å². The number of thioether (sulfide) groups is 2. The molecule has 0 aliphatic heterocycles. The number of rotatable bonds is 7. The number of carbonyl (C=O) groups excluding carboxylic acids is 2. The summed E-state index contributed by atoms with van der Waals surface area (Å²) >= 11 is 2.81. The third-order valence-electron chi connectivity index (χ3n) is 2.89. The Labute approximate surface area is 144 Å². The number of nitrogens with two attached hydrogens (primary N) is 1. The molecule has 0 spiro atoms. The minimum absolute atomic E-state index is 0.0800. The van der Waals surface area contributed by atoms with Gasteiger partial charge >= 0.3 is 0 Å². The lowest BCUT2D eigenvalue weighted by molar-refractivity contribution is -0.115. The van der Waals surface area contributed by atoms with Gasteiger partial charge in [0.15, 0.2) is 0 Å². The fourth-order valence-electron chi connectivity index (χ4n) is 1.88. The van der Waals surface area contributed by atoms with Crippen molar-refractivity contribution in [3.8, 4) is 0 Å². The Morgan fingerprint density at radius 2 is 1.83 bits per heavy atom. The fraction of sp³-hybridized carbons (Fsp3) is 0.176. The van der Waals surface area contributed by atoms with Crippen LogP contribution < -0.4 is 11.1 Å². The molecule has 0 saturated carbocycles. The molecule has 2 aromatic carbocycles. The molecular weight excluding hydrogens is 328 g/mol. The van der Waals surface area contributed by atoms with Crippen LogP contribution in [0, 0.1) is 6.92 Å². The zero-order valence-electron chi connectivity index (χ0n) is 12.7. The molecule has 2 amide bonds. The zero-order chi connectivity index (χ0) is 16.7. The van der Waals surface area contributed by atoms with Crippen LogP contribution in [0.2, 0.25) is 0 Å². The Hall–Kier alpha value is -1.92. The molecule has 3 N–H and O–H groups in total. The maximum Gasteiger partial charge on any atom is 0.234 e. The summed E-state index contributed by atoms with van der Waals surface area (Å²) in [6.07, 6.45) is 0. The van der Waals surface area contributed by atoms with Crippen molar-refractivity contribution in [2.45, 2.75) is 16.7 Å². The molecule has 0 saturated heterocycles. The summed E-state index contributed by atoms with van der Waals surface area (Å²) in [6.45, 7) is 2.02. The summed E-state index contributed by atoms with van der Waals surface area (Å²) in [4.78, 5) is 24.9. The van der Waals surface area contributed by atoms with Gasteiger partial charge in [-0.1, -0.05) is 29.8 Å². The van der Waals surface area contributed by atoms with Crippen LogP contribution in [0.4, 0.5) is 5.69 Å². The highest BCUT2D eigenvalue weighted by atomic mass is 32.2. The lowest BCUT2D eigenvalue weighted by Crippen LogP contribution is -2.15. The first-order chi connectivity index (χ1) is 11.0. The third kappa shape index (κ3) is 6.00. The number of benzene rings is 2. The van der Waals surface area contributed by atoms with Gasteiger partial charge in [-0.15, -0.1) is 23.5 Å². The molecule has 120 valence electrons.